The molecule has 1 amide bonds. The van der Waals surface area contributed by atoms with Crippen LogP contribution in [0, 0.1) is 0 Å². The minimum Gasteiger partial charge on any atom is -0.493 e. The van der Waals surface area contributed by atoms with Gasteiger partial charge < -0.3 is 20.1 Å². The summed E-state index contributed by atoms with van der Waals surface area (Å²) in [5.74, 6) is 1.47. The van der Waals surface area contributed by atoms with Crippen LogP contribution in [0.5, 0.6) is 11.5 Å². The van der Waals surface area contributed by atoms with Gasteiger partial charge in [-0.15, -0.1) is 11.8 Å². The summed E-state index contributed by atoms with van der Waals surface area (Å²) >= 11 is 1.62. The van der Waals surface area contributed by atoms with Gasteiger partial charge in [0, 0.05) is 31.0 Å². The number of benzene rings is 1. The van der Waals surface area contributed by atoms with Crippen LogP contribution in [0.4, 0.5) is 0 Å². The van der Waals surface area contributed by atoms with E-state index in [1.165, 1.54) is 0 Å². The highest BCUT2D eigenvalue weighted by atomic mass is 32.2. The maximum atomic E-state index is 12.1. The van der Waals surface area contributed by atoms with Crippen molar-refractivity contribution in [1.29, 1.82) is 0 Å². The average molecular weight is 326 g/mol. The zero-order valence-electron chi connectivity index (χ0n) is 14.0. The smallest absolute Gasteiger partial charge is 0.222 e. The average Bonchev–Trinajstić information content (AvgIpc) is 2.51. The summed E-state index contributed by atoms with van der Waals surface area (Å²) in [6.45, 7) is 2.45. The van der Waals surface area contributed by atoms with Crippen LogP contribution in [0.1, 0.15) is 25.3 Å². The lowest BCUT2D eigenvalue weighted by Gasteiger charge is -2.20. The predicted octanol–water partition coefficient (Wildman–Crippen LogP) is 2.51. The van der Waals surface area contributed by atoms with Crippen LogP contribution in [-0.4, -0.2) is 44.4 Å². The first-order valence-corrected chi connectivity index (χ1v) is 8.43. The maximum Gasteiger partial charge on any atom is 0.222 e. The molecule has 0 fully saturated rings. The number of ether oxygens (including phenoxy) is 2. The van der Waals surface area contributed by atoms with Crippen molar-refractivity contribution in [3.63, 3.8) is 0 Å². The minimum atomic E-state index is 0.0418. The summed E-state index contributed by atoms with van der Waals surface area (Å²) in [6, 6.07) is 3.92. The van der Waals surface area contributed by atoms with Gasteiger partial charge in [0.25, 0.3) is 0 Å². The number of methoxy groups -OCH3 is 2. The van der Waals surface area contributed by atoms with E-state index >= 15 is 0 Å². The number of carbonyl (C=O) groups excluding carboxylic acids is 1. The summed E-state index contributed by atoms with van der Waals surface area (Å²) < 4.78 is 10.7. The van der Waals surface area contributed by atoms with Crippen molar-refractivity contribution in [2.45, 2.75) is 37.2 Å². The molecule has 0 radical (unpaired) electrons. The number of amides is 1. The van der Waals surface area contributed by atoms with E-state index in [1.54, 1.807) is 30.9 Å². The Hall–Kier alpha value is -1.40. The van der Waals surface area contributed by atoms with Gasteiger partial charge in [0.2, 0.25) is 5.91 Å². The molecule has 0 bridgehead atoms. The Morgan fingerprint density at radius 3 is 2.41 bits per heavy atom. The fraction of sp³-hybridized carbons (Fsp3) is 0.562. The highest BCUT2D eigenvalue weighted by Crippen LogP contribution is 2.35. The van der Waals surface area contributed by atoms with Crippen LogP contribution in [-0.2, 0) is 11.3 Å². The van der Waals surface area contributed by atoms with Crippen LogP contribution < -0.4 is 15.2 Å². The number of nitrogens with two attached hydrogens (primary N) is 1. The van der Waals surface area contributed by atoms with Crippen LogP contribution in [0.15, 0.2) is 17.0 Å². The molecule has 124 valence electrons. The maximum absolute atomic E-state index is 12.1. The molecule has 1 atom stereocenters. The Bertz CT molecular complexity index is 506. The number of hydrogen-bond donors (Lipinski definition) is 1. The van der Waals surface area contributed by atoms with Gasteiger partial charge in [0.1, 0.15) is 0 Å². The molecule has 0 spiro atoms. The lowest BCUT2D eigenvalue weighted by atomic mass is 10.1. The standard InChI is InChI=1S/C16H26N2O3S/c1-11(17)6-7-16(19)18(2)10-12-8-13(20-3)14(21-4)9-15(12)22-5/h8-9,11H,6-7,10,17H2,1-5H3. The van der Waals surface area contributed by atoms with E-state index in [0.717, 1.165) is 10.5 Å². The summed E-state index contributed by atoms with van der Waals surface area (Å²) in [6.07, 6.45) is 3.17. The third-order valence-electron chi connectivity index (χ3n) is 3.43. The molecule has 22 heavy (non-hydrogen) atoms. The molecule has 0 aliphatic rings. The molecule has 1 aromatic carbocycles. The van der Waals surface area contributed by atoms with Gasteiger partial charge in [0.15, 0.2) is 11.5 Å². The van der Waals surface area contributed by atoms with E-state index in [9.17, 15) is 4.79 Å². The van der Waals surface area contributed by atoms with Crippen molar-refractivity contribution in [2.75, 3.05) is 27.5 Å². The Labute approximate surface area is 137 Å². The summed E-state index contributed by atoms with van der Waals surface area (Å²) in [7, 11) is 5.04. The molecule has 0 aromatic heterocycles. The predicted molar refractivity (Wildman–Crippen MR) is 90.7 cm³/mol. The first-order valence-electron chi connectivity index (χ1n) is 7.21. The Morgan fingerprint density at radius 1 is 1.32 bits per heavy atom. The van der Waals surface area contributed by atoms with Gasteiger partial charge in [-0.05, 0) is 37.3 Å². The lowest BCUT2D eigenvalue weighted by Crippen LogP contribution is -2.28. The molecular formula is C16H26N2O3S. The van der Waals surface area contributed by atoms with Crippen molar-refractivity contribution < 1.29 is 14.3 Å². The number of rotatable bonds is 8. The SMILES string of the molecule is COc1cc(CN(C)C(=O)CCC(C)N)c(SC)cc1OC. The third-order valence-corrected chi connectivity index (χ3v) is 4.25. The monoisotopic (exact) mass is 326 g/mol. The molecule has 2 N–H and O–H groups in total. The van der Waals surface area contributed by atoms with Crippen molar-refractivity contribution in [3.05, 3.63) is 17.7 Å². The van der Waals surface area contributed by atoms with Gasteiger partial charge in [-0.1, -0.05) is 0 Å². The van der Waals surface area contributed by atoms with E-state index < -0.39 is 0 Å². The van der Waals surface area contributed by atoms with E-state index in [-0.39, 0.29) is 11.9 Å². The number of carbonyl (C=O) groups is 1. The first-order chi connectivity index (χ1) is 10.4. The zero-order valence-corrected chi connectivity index (χ0v) is 14.8. The number of hydrogen-bond acceptors (Lipinski definition) is 5. The largest absolute Gasteiger partial charge is 0.493 e. The second-order valence-corrected chi connectivity index (χ2v) is 6.13. The van der Waals surface area contributed by atoms with Crippen molar-refractivity contribution in [1.82, 2.24) is 4.90 Å². The molecule has 0 aliphatic carbocycles. The molecule has 0 aliphatic heterocycles. The molecule has 5 nitrogen and oxygen atoms in total. The van der Waals surface area contributed by atoms with Crippen molar-refractivity contribution in [2.24, 2.45) is 5.73 Å². The molecule has 0 saturated carbocycles. The topological polar surface area (TPSA) is 64.8 Å². The zero-order chi connectivity index (χ0) is 16.7. The van der Waals surface area contributed by atoms with Gasteiger partial charge >= 0.3 is 0 Å². The van der Waals surface area contributed by atoms with Crippen molar-refractivity contribution >= 4 is 17.7 Å². The molecule has 1 aromatic rings. The van der Waals surface area contributed by atoms with Crippen LogP contribution >= 0.6 is 11.8 Å². The van der Waals surface area contributed by atoms with Crippen LogP contribution in [0.2, 0.25) is 0 Å². The highest BCUT2D eigenvalue weighted by molar-refractivity contribution is 7.98. The van der Waals surface area contributed by atoms with Gasteiger partial charge in [0.05, 0.1) is 14.2 Å². The Balaban J connectivity index is 2.89. The summed E-state index contributed by atoms with van der Waals surface area (Å²) in [5.41, 5.74) is 6.75. The van der Waals surface area contributed by atoms with E-state index in [4.69, 9.17) is 15.2 Å². The molecule has 1 rings (SSSR count). The van der Waals surface area contributed by atoms with Gasteiger partial charge in [-0.25, -0.2) is 0 Å². The molecule has 0 saturated heterocycles. The quantitative estimate of drug-likeness (QED) is 0.744. The highest BCUT2D eigenvalue weighted by Gasteiger charge is 2.15. The first kappa shape index (κ1) is 18.6. The van der Waals surface area contributed by atoms with Crippen LogP contribution in [0.25, 0.3) is 0 Å². The van der Waals surface area contributed by atoms with Crippen LogP contribution in [0.3, 0.4) is 0 Å². The Morgan fingerprint density at radius 2 is 1.91 bits per heavy atom. The second kappa shape index (κ2) is 8.90. The van der Waals surface area contributed by atoms with Crippen molar-refractivity contribution in [3.8, 4) is 11.5 Å². The number of nitrogens with zero attached hydrogens (tertiary/aromatic N) is 1. The van der Waals surface area contributed by atoms with Gasteiger partial charge in [-0.2, -0.15) is 0 Å². The third kappa shape index (κ3) is 5.10. The fourth-order valence-electron chi connectivity index (χ4n) is 2.10. The fourth-order valence-corrected chi connectivity index (χ4v) is 2.71. The van der Waals surface area contributed by atoms with E-state index in [1.807, 2.05) is 32.4 Å². The summed E-state index contributed by atoms with van der Waals surface area (Å²) in [5, 5.41) is 0. The molecule has 6 heteroatoms. The molecule has 1 unspecified atom stereocenters. The normalized spacial score (nSPS) is 11.9. The Kier molecular flexibility index (Phi) is 7.55. The van der Waals surface area contributed by atoms with E-state index in [0.29, 0.717) is 30.9 Å². The van der Waals surface area contributed by atoms with E-state index in [2.05, 4.69) is 0 Å². The second-order valence-electron chi connectivity index (χ2n) is 5.28. The van der Waals surface area contributed by atoms with Gasteiger partial charge in [-0.3, -0.25) is 4.79 Å². The molecule has 0 heterocycles. The summed E-state index contributed by atoms with van der Waals surface area (Å²) in [4.78, 5) is 14.9. The number of thioether (sulfide) groups is 1. The minimum absolute atomic E-state index is 0.0418. The molecular weight excluding hydrogens is 300 g/mol. The lowest BCUT2D eigenvalue weighted by molar-refractivity contribution is -0.130.